The third-order valence-corrected chi connectivity index (χ3v) is 3.15. The van der Waals surface area contributed by atoms with E-state index < -0.39 is 0 Å². The van der Waals surface area contributed by atoms with Gasteiger partial charge in [-0.1, -0.05) is 29.8 Å². The molecule has 1 N–H and O–H groups in total. The second kappa shape index (κ2) is 6.62. The Balaban J connectivity index is 2.51. The summed E-state index contributed by atoms with van der Waals surface area (Å²) in [5, 5.41) is 3.90. The van der Waals surface area contributed by atoms with Gasteiger partial charge in [0, 0.05) is 25.2 Å². The lowest BCUT2D eigenvalue weighted by Crippen LogP contribution is -2.42. The van der Waals surface area contributed by atoms with Gasteiger partial charge in [0.2, 0.25) is 5.91 Å². The van der Waals surface area contributed by atoms with E-state index in [0.29, 0.717) is 6.54 Å². The Morgan fingerprint density at radius 3 is 2.71 bits per heavy atom. The van der Waals surface area contributed by atoms with Gasteiger partial charge in [-0.25, -0.2) is 0 Å². The van der Waals surface area contributed by atoms with Gasteiger partial charge >= 0.3 is 0 Å². The highest BCUT2D eigenvalue weighted by atomic mass is 35.5. The van der Waals surface area contributed by atoms with E-state index in [0.717, 1.165) is 17.1 Å². The van der Waals surface area contributed by atoms with Crippen LogP contribution < -0.4 is 5.32 Å². The molecule has 0 saturated carbocycles. The summed E-state index contributed by atoms with van der Waals surface area (Å²) < 4.78 is 0. The zero-order valence-electron chi connectivity index (χ0n) is 10.5. The smallest absolute Gasteiger partial charge is 0.239 e. The van der Waals surface area contributed by atoms with E-state index in [1.54, 1.807) is 11.9 Å². The first-order chi connectivity index (χ1) is 8.06. The third kappa shape index (κ3) is 4.02. The minimum atomic E-state index is -0.198. The molecule has 1 aromatic carbocycles. The number of nitrogens with zero attached hydrogens (tertiary/aromatic N) is 1. The van der Waals surface area contributed by atoms with Gasteiger partial charge in [0.1, 0.15) is 0 Å². The largest absolute Gasteiger partial charge is 0.345 e. The van der Waals surface area contributed by atoms with Crippen molar-refractivity contribution in [2.24, 2.45) is 0 Å². The molecule has 1 aromatic rings. The Hall–Kier alpha value is -1.06. The third-order valence-electron chi connectivity index (χ3n) is 2.78. The summed E-state index contributed by atoms with van der Waals surface area (Å²) >= 11 is 6.04. The van der Waals surface area contributed by atoms with Crippen LogP contribution in [0.15, 0.2) is 24.3 Å². The fourth-order valence-electron chi connectivity index (χ4n) is 1.48. The summed E-state index contributed by atoms with van der Waals surface area (Å²) in [5.41, 5.74) is 1.01. The average molecular weight is 255 g/mol. The number of carbonyl (C=O) groups excluding carboxylic acids is 1. The SMILES string of the molecule is CCN(C)C(=O)C(C)NCc1ccccc1Cl. The minimum Gasteiger partial charge on any atom is -0.345 e. The second-order valence-electron chi connectivity index (χ2n) is 4.05. The predicted octanol–water partition coefficient (Wildman–Crippen LogP) is 2.30. The molecule has 0 bridgehead atoms. The normalized spacial score (nSPS) is 12.2. The Morgan fingerprint density at radius 2 is 2.12 bits per heavy atom. The number of likely N-dealkylation sites (N-methyl/N-ethyl adjacent to an activating group) is 1. The van der Waals surface area contributed by atoms with E-state index >= 15 is 0 Å². The van der Waals surface area contributed by atoms with Crippen LogP contribution in [0.25, 0.3) is 0 Å². The number of benzene rings is 1. The van der Waals surface area contributed by atoms with Crippen LogP contribution in [-0.2, 0) is 11.3 Å². The summed E-state index contributed by atoms with van der Waals surface area (Å²) in [4.78, 5) is 13.5. The van der Waals surface area contributed by atoms with Crippen molar-refractivity contribution in [1.29, 1.82) is 0 Å². The van der Waals surface area contributed by atoms with Gasteiger partial charge in [0.25, 0.3) is 0 Å². The Bertz CT molecular complexity index is 381. The molecule has 1 amide bonds. The van der Waals surface area contributed by atoms with Gasteiger partial charge in [0.15, 0.2) is 0 Å². The lowest BCUT2D eigenvalue weighted by Gasteiger charge is -2.20. The molecule has 94 valence electrons. The van der Waals surface area contributed by atoms with E-state index in [1.807, 2.05) is 38.1 Å². The highest BCUT2D eigenvalue weighted by Gasteiger charge is 2.15. The van der Waals surface area contributed by atoms with E-state index in [2.05, 4.69) is 5.32 Å². The Kier molecular flexibility index (Phi) is 5.45. The standard InChI is InChI=1S/C13H19ClN2O/c1-4-16(3)13(17)10(2)15-9-11-7-5-6-8-12(11)14/h5-8,10,15H,4,9H2,1-3H3. The van der Waals surface area contributed by atoms with Crippen LogP contribution in [0.2, 0.25) is 5.02 Å². The van der Waals surface area contributed by atoms with Crippen molar-refractivity contribution in [3.8, 4) is 0 Å². The van der Waals surface area contributed by atoms with Crippen molar-refractivity contribution in [2.75, 3.05) is 13.6 Å². The van der Waals surface area contributed by atoms with Gasteiger partial charge in [-0.05, 0) is 25.5 Å². The topological polar surface area (TPSA) is 32.3 Å². The number of hydrogen-bond acceptors (Lipinski definition) is 2. The lowest BCUT2D eigenvalue weighted by molar-refractivity contribution is -0.131. The highest BCUT2D eigenvalue weighted by molar-refractivity contribution is 6.31. The predicted molar refractivity (Wildman–Crippen MR) is 71.1 cm³/mol. The van der Waals surface area contributed by atoms with Gasteiger partial charge in [-0.2, -0.15) is 0 Å². The van der Waals surface area contributed by atoms with Crippen LogP contribution in [0.4, 0.5) is 0 Å². The maximum absolute atomic E-state index is 11.8. The molecule has 17 heavy (non-hydrogen) atoms. The number of amides is 1. The van der Waals surface area contributed by atoms with Gasteiger partial charge < -0.3 is 10.2 Å². The fourth-order valence-corrected chi connectivity index (χ4v) is 1.68. The van der Waals surface area contributed by atoms with E-state index in [-0.39, 0.29) is 11.9 Å². The average Bonchev–Trinajstić information content (AvgIpc) is 2.35. The van der Waals surface area contributed by atoms with Crippen molar-refractivity contribution in [2.45, 2.75) is 26.4 Å². The summed E-state index contributed by atoms with van der Waals surface area (Å²) in [6.45, 7) is 5.14. The molecule has 3 nitrogen and oxygen atoms in total. The Morgan fingerprint density at radius 1 is 1.47 bits per heavy atom. The molecule has 1 unspecified atom stereocenters. The van der Waals surface area contributed by atoms with E-state index in [4.69, 9.17) is 11.6 Å². The van der Waals surface area contributed by atoms with Gasteiger partial charge in [-0.3, -0.25) is 4.79 Å². The molecular weight excluding hydrogens is 236 g/mol. The number of halogens is 1. The molecule has 0 aliphatic heterocycles. The monoisotopic (exact) mass is 254 g/mol. The summed E-state index contributed by atoms with van der Waals surface area (Å²) in [6.07, 6.45) is 0. The van der Waals surface area contributed by atoms with E-state index in [1.165, 1.54) is 0 Å². The number of nitrogens with one attached hydrogen (secondary N) is 1. The fraction of sp³-hybridized carbons (Fsp3) is 0.462. The molecule has 1 atom stereocenters. The molecule has 0 aromatic heterocycles. The van der Waals surface area contributed by atoms with E-state index in [9.17, 15) is 4.79 Å². The van der Waals surface area contributed by atoms with Crippen molar-refractivity contribution in [3.63, 3.8) is 0 Å². The van der Waals surface area contributed by atoms with Crippen LogP contribution in [-0.4, -0.2) is 30.4 Å². The quantitative estimate of drug-likeness (QED) is 0.875. The van der Waals surface area contributed by atoms with Crippen molar-refractivity contribution < 1.29 is 4.79 Å². The minimum absolute atomic E-state index is 0.0968. The molecule has 0 radical (unpaired) electrons. The van der Waals surface area contributed by atoms with Crippen molar-refractivity contribution in [3.05, 3.63) is 34.9 Å². The first-order valence-corrected chi connectivity index (χ1v) is 6.15. The maximum Gasteiger partial charge on any atom is 0.239 e. The lowest BCUT2D eigenvalue weighted by atomic mass is 10.2. The number of carbonyl (C=O) groups is 1. The van der Waals surface area contributed by atoms with Gasteiger partial charge in [-0.15, -0.1) is 0 Å². The van der Waals surface area contributed by atoms with Crippen LogP contribution in [0.3, 0.4) is 0 Å². The zero-order valence-corrected chi connectivity index (χ0v) is 11.3. The van der Waals surface area contributed by atoms with Crippen molar-refractivity contribution in [1.82, 2.24) is 10.2 Å². The molecule has 0 heterocycles. The first kappa shape index (κ1) is 14.0. The van der Waals surface area contributed by atoms with Crippen LogP contribution in [0.1, 0.15) is 19.4 Å². The molecular formula is C13H19ClN2O. The van der Waals surface area contributed by atoms with Crippen LogP contribution in [0.5, 0.6) is 0 Å². The van der Waals surface area contributed by atoms with Gasteiger partial charge in [0.05, 0.1) is 6.04 Å². The zero-order chi connectivity index (χ0) is 12.8. The number of hydrogen-bond donors (Lipinski definition) is 1. The molecule has 0 spiro atoms. The molecule has 4 heteroatoms. The second-order valence-corrected chi connectivity index (χ2v) is 4.45. The summed E-state index contributed by atoms with van der Waals surface area (Å²) in [5.74, 6) is 0.0968. The number of rotatable bonds is 5. The van der Waals surface area contributed by atoms with Crippen molar-refractivity contribution >= 4 is 17.5 Å². The molecule has 1 rings (SSSR count). The highest BCUT2D eigenvalue weighted by Crippen LogP contribution is 2.14. The van der Waals surface area contributed by atoms with Crippen LogP contribution >= 0.6 is 11.6 Å². The molecule has 0 aliphatic rings. The maximum atomic E-state index is 11.8. The van der Waals surface area contributed by atoms with Crippen LogP contribution in [0, 0.1) is 0 Å². The first-order valence-electron chi connectivity index (χ1n) is 5.78. The summed E-state index contributed by atoms with van der Waals surface area (Å²) in [6, 6.07) is 7.44. The molecule has 0 saturated heterocycles. The Labute approximate surface area is 108 Å². The molecule has 0 aliphatic carbocycles. The molecule has 0 fully saturated rings. The summed E-state index contributed by atoms with van der Waals surface area (Å²) in [7, 11) is 1.80.